The normalized spacial score (nSPS) is 15.6. The van der Waals surface area contributed by atoms with E-state index in [0.29, 0.717) is 11.0 Å². The zero-order valence-corrected chi connectivity index (χ0v) is 17.4. The molecule has 158 valence electrons. The fourth-order valence-corrected chi connectivity index (χ4v) is 5.18. The Hall–Kier alpha value is -2.98. The van der Waals surface area contributed by atoms with Crippen LogP contribution in [0.1, 0.15) is 10.4 Å². The number of sulfonamides is 1. The van der Waals surface area contributed by atoms with Crippen LogP contribution in [-0.2, 0) is 24.1 Å². The van der Waals surface area contributed by atoms with E-state index in [9.17, 15) is 22.4 Å². The summed E-state index contributed by atoms with van der Waals surface area (Å²) in [6.07, 6.45) is 0. The topological polar surface area (TPSA) is 84.6 Å². The average Bonchev–Trinajstić information content (AvgIpc) is 2.97. The molecular weight excluding hydrogens is 411 g/mol. The molecule has 1 fully saturated rings. The molecule has 0 radical (unpaired) electrons. The molecule has 0 saturated carbocycles. The molecule has 0 atom stereocenters. The zero-order chi connectivity index (χ0) is 21.6. The van der Waals surface area contributed by atoms with E-state index in [2.05, 4.69) is 0 Å². The van der Waals surface area contributed by atoms with Gasteiger partial charge in [-0.1, -0.05) is 12.1 Å². The van der Waals surface area contributed by atoms with Gasteiger partial charge in [0.25, 0.3) is 5.91 Å². The van der Waals surface area contributed by atoms with Crippen molar-refractivity contribution in [2.75, 3.05) is 26.2 Å². The Bertz CT molecular complexity index is 1300. The highest BCUT2D eigenvalue weighted by Crippen LogP contribution is 2.23. The summed E-state index contributed by atoms with van der Waals surface area (Å²) < 4.78 is 44.3. The molecule has 1 saturated heterocycles. The lowest BCUT2D eigenvalue weighted by Gasteiger charge is -2.34. The molecule has 1 amide bonds. The van der Waals surface area contributed by atoms with E-state index in [4.69, 9.17) is 0 Å². The van der Waals surface area contributed by atoms with Gasteiger partial charge in [0, 0.05) is 40.3 Å². The van der Waals surface area contributed by atoms with Gasteiger partial charge in [-0.3, -0.25) is 13.9 Å². The van der Waals surface area contributed by atoms with Crippen LogP contribution in [0.25, 0.3) is 11.0 Å². The SMILES string of the molecule is Cn1c(=O)n(C)c2cc(S(=O)(=O)N3CCN(C(=O)c4ccccc4F)CC3)ccc21. The molecule has 30 heavy (non-hydrogen) atoms. The quantitative estimate of drug-likeness (QED) is 0.622. The molecule has 2 heterocycles. The zero-order valence-electron chi connectivity index (χ0n) is 16.6. The summed E-state index contributed by atoms with van der Waals surface area (Å²) >= 11 is 0. The van der Waals surface area contributed by atoms with Crippen molar-refractivity contribution in [3.8, 4) is 0 Å². The number of imidazole rings is 1. The second-order valence-electron chi connectivity index (χ2n) is 7.23. The first kappa shape index (κ1) is 20.3. The summed E-state index contributed by atoms with van der Waals surface area (Å²) in [5.74, 6) is -1.05. The molecule has 10 heteroatoms. The van der Waals surface area contributed by atoms with Gasteiger partial charge in [0.2, 0.25) is 10.0 Å². The van der Waals surface area contributed by atoms with Gasteiger partial charge < -0.3 is 4.90 Å². The number of halogens is 1. The lowest BCUT2D eigenvalue weighted by Crippen LogP contribution is -2.50. The van der Waals surface area contributed by atoms with Crippen molar-refractivity contribution in [3.63, 3.8) is 0 Å². The summed E-state index contributed by atoms with van der Waals surface area (Å²) in [4.78, 5) is 26.2. The summed E-state index contributed by atoms with van der Waals surface area (Å²) in [6.45, 7) is 0.541. The first-order valence-electron chi connectivity index (χ1n) is 9.41. The number of fused-ring (bicyclic) bond motifs is 1. The minimum atomic E-state index is -3.80. The third-order valence-corrected chi connectivity index (χ3v) is 7.41. The number of amides is 1. The first-order chi connectivity index (χ1) is 14.2. The maximum atomic E-state index is 13.9. The predicted octanol–water partition coefficient (Wildman–Crippen LogP) is 1.16. The number of hydrogen-bond donors (Lipinski definition) is 0. The Morgan fingerprint density at radius 3 is 2.23 bits per heavy atom. The maximum Gasteiger partial charge on any atom is 0.328 e. The van der Waals surface area contributed by atoms with E-state index in [1.54, 1.807) is 26.2 Å². The van der Waals surface area contributed by atoms with Gasteiger partial charge in [0.15, 0.2) is 0 Å². The molecule has 0 bridgehead atoms. The van der Waals surface area contributed by atoms with Crippen molar-refractivity contribution in [1.82, 2.24) is 18.3 Å². The van der Waals surface area contributed by atoms with Crippen molar-refractivity contribution in [2.24, 2.45) is 14.1 Å². The monoisotopic (exact) mass is 432 g/mol. The first-order valence-corrected chi connectivity index (χ1v) is 10.9. The van der Waals surface area contributed by atoms with Gasteiger partial charge in [-0.05, 0) is 30.3 Å². The molecule has 0 aliphatic carbocycles. The number of piperazine rings is 1. The Labute approximate surface area is 172 Å². The van der Waals surface area contributed by atoms with Gasteiger partial charge in [0.1, 0.15) is 5.82 Å². The van der Waals surface area contributed by atoms with Crippen LogP contribution in [0.2, 0.25) is 0 Å². The van der Waals surface area contributed by atoms with Crippen molar-refractivity contribution < 1.29 is 17.6 Å². The summed E-state index contributed by atoms with van der Waals surface area (Å²) in [6, 6.07) is 10.3. The van der Waals surface area contributed by atoms with Crippen LogP contribution in [0.15, 0.2) is 52.2 Å². The molecule has 3 aromatic rings. The van der Waals surface area contributed by atoms with E-state index in [0.717, 1.165) is 0 Å². The van der Waals surface area contributed by atoms with Gasteiger partial charge in [0.05, 0.1) is 21.5 Å². The number of rotatable bonds is 3. The van der Waals surface area contributed by atoms with Crippen LogP contribution in [0.3, 0.4) is 0 Å². The number of carbonyl (C=O) groups excluding carboxylic acids is 1. The molecule has 0 N–H and O–H groups in total. The van der Waals surface area contributed by atoms with E-state index < -0.39 is 21.7 Å². The molecule has 8 nitrogen and oxygen atoms in total. The standard InChI is InChI=1S/C20H21FN4O4S/c1-22-17-8-7-14(13-18(17)23(2)20(22)27)30(28,29)25-11-9-24(10-12-25)19(26)15-5-3-4-6-16(15)21/h3-8,13H,9-12H2,1-2H3. The highest BCUT2D eigenvalue weighted by molar-refractivity contribution is 7.89. The molecular formula is C20H21FN4O4S. The van der Waals surface area contributed by atoms with Crippen LogP contribution < -0.4 is 5.69 Å². The van der Waals surface area contributed by atoms with Crippen molar-refractivity contribution in [2.45, 2.75) is 4.90 Å². The highest BCUT2D eigenvalue weighted by atomic mass is 32.2. The van der Waals surface area contributed by atoms with Gasteiger partial charge in [-0.25, -0.2) is 17.6 Å². The third-order valence-electron chi connectivity index (χ3n) is 5.51. The number of carbonyl (C=O) groups is 1. The molecule has 4 rings (SSSR count). The smallest absolute Gasteiger partial charge is 0.328 e. The predicted molar refractivity (Wildman–Crippen MR) is 109 cm³/mol. The summed E-state index contributed by atoms with van der Waals surface area (Å²) in [5.41, 5.74) is 0.905. The molecule has 2 aromatic carbocycles. The Morgan fingerprint density at radius 2 is 1.57 bits per heavy atom. The van der Waals surface area contributed by atoms with E-state index >= 15 is 0 Å². The van der Waals surface area contributed by atoms with E-state index in [1.807, 2.05) is 0 Å². The fraction of sp³-hybridized carbons (Fsp3) is 0.300. The minimum absolute atomic E-state index is 0.0238. The Kier molecular flexibility index (Phi) is 4.99. The summed E-state index contributed by atoms with van der Waals surface area (Å²) in [7, 11) is -0.578. The van der Waals surface area contributed by atoms with Crippen molar-refractivity contribution >= 4 is 27.0 Å². The number of benzene rings is 2. The largest absolute Gasteiger partial charge is 0.336 e. The van der Waals surface area contributed by atoms with Gasteiger partial charge in [-0.15, -0.1) is 0 Å². The Balaban J connectivity index is 1.55. The number of aryl methyl sites for hydroxylation is 2. The second kappa shape index (κ2) is 7.37. The van der Waals surface area contributed by atoms with Crippen molar-refractivity contribution in [1.29, 1.82) is 0 Å². The molecule has 1 aromatic heterocycles. The Morgan fingerprint density at radius 1 is 0.933 bits per heavy atom. The molecule has 0 unspecified atom stereocenters. The number of aromatic nitrogens is 2. The highest BCUT2D eigenvalue weighted by Gasteiger charge is 2.31. The molecule has 1 aliphatic rings. The van der Waals surface area contributed by atoms with E-state index in [1.165, 1.54) is 48.7 Å². The maximum absolute atomic E-state index is 13.9. The van der Waals surface area contributed by atoms with Gasteiger partial charge in [-0.2, -0.15) is 4.31 Å². The molecule has 0 spiro atoms. The lowest BCUT2D eigenvalue weighted by molar-refractivity contribution is 0.0693. The number of hydrogen-bond acceptors (Lipinski definition) is 4. The second-order valence-corrected chi connectivity index (χ2v) is 9.17. The molecule has 1 aliphatic heterocycles. The van der Waals surface area contributed by atoms with Gasteiger partial charge >= 0.3 is 5.69 Å². The van der Waals surface area contributed by atoms with Crippen LogP contribution in [0, 0.1) is 5.82 Å². The average molecular weight is 432 g/mol. The minimum Gasteiger partial charge on any atom is -0.336 e. The third kappa shape index (κ3) is 3.21. The number of nitrogens with zero attached hydrogens (tertiary/aromatic N) is 4. The van der Waals surface area contributed by atoms with E-state index in [-0.39, 0.29) is 42.3 Å². The van der Waals surface area contributed by atoms with Crippen LogP contribution >= 0.6 is 0 Å². The van der Waals surface area contributed by atoms with Crippen LogP contribution in [0.5, 0.6) is 0 Å². The van der Waals surface area contributed by atoms with Crippen molar-refractivity contribution in [3.05, 3.63) is 64.3 Å². The van der Waals surface area contributed by atoms with Crippen LogP contribution in [-0.4, -0.2) is 58.8 Å². The summed E-state index contributed by atoms with van der Waals surface area (Å²) in [5, 5.41) is 0. The van der Waals surface area contributed by atoms with Crippen LogP contribution in [0.4, 0.5) is 4.39 Å². The lowest BCUT2D eigenvalue weighted by atomic mass is 10.1. The fourth-order valence-electron chi connectivity index (χ4n) is 3.73.